The van der Waals surface area contributed by atoms with Crippen LogP contribution in [0.3, 0.4) is 0 Å². The monoisotopic (exact) mass is 366 g/mol. The lowest BCUT2D eigenvalue weighted by Gasteiger charge is -2.23. The van der Waals surface area contributed by atoms with Crippen LogP contribution < -0.4 is 5.32 Å². The summed E-state index contributed by atoms with van der Waals surface area (Å²) in [5.74, 6) is 0.271. The number of carbonyl (C=O) groups excluding carboxylic acids is 1. The summed E-state index contributed by atoms with van der Waals surface area (Å²) in [6, 6.07) is 11.0. The van der Waals surface area contributed by atoms with Crippen molar-refractivity contribution in [2.24, 2.45) is 0 Å². The largest absolute Gasteiger partial charge is 0.508 e. The molecule has 2 N–H and O–H groups in total. The first-order valence-electron chi connectivity index (χ1n) is 8.05. The first-order chi connectivity index (χ1) is 11.5. The number of hydrogen-bond donors (Lipinski definition) is 2. The second-order valence-electron chi connectivity index (χ2n) is 5.78. The van der Waals surface area contributed by atoms with Crippen LogP contribution in [-0.2, 0) is 13.0 Å². The molecule has 1 atom stereocenters. The van der Waals surface area contributed by atoms with Crippen molar-refractivity contribution in [2.45, 2.75) is 39.3 Å². The molecule has 2 rings (SSSR count). The number of rotatable bonds is 7. The number of phenolic OH excluding ortho intramolecular Hbond substituents is 1. The Kier molecular flexibility index (Phi) is 6.94. The minimum Gasteiger partial charge on any atom is -0.508 e. The van der Waals surface area contributed by atoms with E-state index in [-0.39, 0.29) is 17.8 Å². The summed E-state index contributed by atoms with van der Waals surface area (Å²) in [4.78, 5) is 15.3. The zero-order valence-corrected chi connectivity index (χ0v) is 15.5. The predicted octanol–water partition coefficient (Wildman–Crippen LogP) is 4.66. The SMILES string of the molecule is CCN(Cc1ccc(Cl)s1)C(=O)N[C@H](C)CCc1ccc(O)cc1. The number of halogens is 1. The van der Waals surface area contributed by atoms with E-state index in [0.717, 1.165) is 27.6 Å². The number of nitrogens with one attached hydrogen (secondary N) is 1. The van der Waals surface area contributed by atoms with E-state index in [1.165, 1.54) is 11.3 Å². The Morgan fingerprint density at radius 3 is 2.58 bits per heavy atom. The minimum absolute atomic E-state index is 0.0553. The average molecular weight is 367 g/mol. The molecule has 2 aromatic rings. The molecule has 0 radical (unpaired) electrons. The molecule has 2 amide bonds. The van der Waals surface area contributed by atoms with Crippen molar-refractivity contribution < 1.29 is 9.90 Å². The summed E-state index contributed by atoms with van der Waals surface area (Å²) in [6.45, 7) is 5.19. The molecule has 1 aromatic carbocycles. The quantitative estimate of drug-likeness (QED) is 0.748. The predicted molar refractivity (Wildman–Crippen MR) is 99.8 cm³/mol. The number of thiophene rings is 1. The number of benzene rings is 1. The molecule has 0 aliphatic rings. The van der Waals surface area contributed by atoms with Gasteiger partial charge in [-0.05, 0) is 56.5 Å². The summed E-state index contributed by atoms with van der Waals surface area (Å²) in [5, 5.41) is 12.3. The van der Waals surface area contributed by atoms with Crippen LogP contribution in [0.5, 0.6) is 5.75 Å². The molecule has 1 aromatic heterocycles. The Labute approximate surface area is 152 Å². The Morgan fingerprint density at radius 1 is 1.29 bits per heavy atom. The van der Waals surface area contributed by atoms with Gasteiger partial charge < -0.3 is 15.3 Å². The summed E-state index contributed by atoms with van der Waals surface area (Å²) >= 11 is 7.44. The van der Waals surface area contributed by atoms with Gasteiger partial charge in [0.05, 0.1) is 10.9 Å². The van der Waals surface area contributed by atoms with Crippen LogP contribution in [0.2, 0.25) is 4.34 Å². The molecule has 0 saturated heterocycles. The van der Waals surface area contributed by atoms with Crippen molar-refractivity contribution in [2.75, 3.05) is 6.54 Å². The van der Waals surface area contributed by atoms with E-state index in [2.05, 4.69) is 5.32 Å². The van der Waals surface area contributed by atoms with Crippen LogP contribution in [0.4, 0.5) is 4.79 Å². The Bertz CT molecular complexity index is 657. The number of nitrogens with zero attached hydrogens (tertiary/aromatic N) is 1. The van der Waals surface area contributed by atoms with Gasteiger partial charge in [-0.1, -0.05) is 23.7 Å². The number of phenols is 1. The smallest absolute Gasteiger partial charge is 0.317 e. The summed E-state index contributed by atoms with van der Waals surface area (Å²) < 4.78 is 0.740. The summed E-state index contributed by atoms with van der Waals surface area (Å²) in [5.41, 5.74) is 1.15. The standard InChI is InChI=1S/C18H23ClN2O2S/c1-3-21(12-16-10-11-17(19)24-16)18(23)20-13(2)4-5-14-6-8-15(22)9-7-14/h6-11,13,22H,3-5,12H2,1-2H3,(H,20,23)/t13-/m1/s1. The maximum absolute atomic E-state index is 12.4. The molecule has 0 spiro atoms. The zero-order chi connectivity index (χ0) is 17.5. The highest BCUT2D eigenvalue weighted by atomic mass is 35.5. The van der Waals surface area contributed by atoms with Crippen molar-refractivity contribution in [1.82, 2.24) is 10.2 Å². The molecule has 0 aliphatic heterocycles. The highest BCUT2D eigenvalue weighted by Gasteiger charge is 2.15. The molecule has 4 nitrogen and oxygen atoms in total. The van der Waals surface area contributed by atoms with Gasteiger partial charge in [-0.2, -0.15) is 0 Å². The third-order valence-electron chi connectivity index (χ3n) is 3.82. The number of amides is 2. The van der Waals surface area contributed by atoms with Crippen LogP contribution in [0.1, 0.15) is 30.7 Å². The van der Waals surface area contributed by atoms with Gasteiger partial charge in [-0.25, -0.2) is 4.79 Å². The number of carbonyl (C=O) groups is 1. The van der Waals surface area contributed by atoms with Crippen molar-refractivity contribution in [3.8, 4) is 5.75 Å². The molecule has 0 aliphatic carbocycles. The fraction of sp³-hybridized carbons (Fsp3) is 0.389. The molecule has 0 saturated carbocycles. The van der Waals surface area contributed by atoms with Crippen LogP contribution in [0.25, 0.3) is 0 Å². The van der Waals surface area contributed by atoms with Gasteiger partial charge in [-0.15, -0.1) is 11.3 Å². The normalized spacial score (nSPS) is 12.0. The molecule has 130 valence electrons. The molecular weight excluding hydrogens is 344 g/mol. The van der Waals surface area contributed by atoms with E-state index in [1.54, 1.807) is 17.0 Å². The topological polar surface area (TPSA) is 52.6 Å². The van der Waals surface area contributed by atoms with E-state index in [9.17, 15) is 9.90 Å². The van der Waals surface area contributed by atoms with Crippen LogP contribution in [0, 0.1) is 0 Å². The van der Waals surface area contributed by atoms with Crippen LogP contribution >= 0.6 is 22.9 Å². The van der Waals surface area contributed by atoms with Crippen molar-refractivity contribution in [3.63, 3.8) is 0 Å². The molecular formula is C18H23ClN2O2S. The van der Waals surface area contributed by atoms with Gasteiger partial charge in [0.1, 0.15) is 5.75 Å². The maximum atomic E-state index is 12.4. The summed E-state index contributed by atoms with van der Waals surface area (Å²) in [6.07, 6.45) is 1.70. The Morgan fingerprint density at radius 2 is 2.00 bits per heavy atom. The Hall–Kier alpha value is -1.72. The van der Waals surface area contributed by atoms with E-state index < -0.39 is 0 Å². The van der Waals surface area contributed by atoms with Gasteiger partial charge in [0.25, 0.3) is 0 Å². The summed E-state index contributed by atoms with van der Waals surface area (Å²) in [7, 11) is 0. The number of hydrogen-bond acceptors (Lipinski definition) is 3. The Balaban J connectivity index is 1.81. The lowest BCUT2D eigenvalue weighted by Crippen LogP contribution is -2.43. The lowest BCUT2D eigenvalue weighted by molar-refractivity contribution is 0.194. The first-order valence-corrected chi connectivity index (χ1v) is 9.25. The van der Waals surface area contributed by atoms with Crippen LogP contribution in [0.15, 0.2) is 36.4 Å². The number of aryl methyl sites for hydroxylation is 1. The highest BCUT2D eigenvalue weighted by molar-refractivity contribution is 7.16. The lowest BCUT2D eigenvalue weighted by atomic mass is 10.1. The third-order valence-corrected chi connectivity index (χ3v) is 5.03. The fourth-order valence-electron chi connectivity index (χ4n) is 2.37. The molecule has 0 unspecified atom stereocenters. The second kappa shape index (κ2) is 8.94. The number of aromatic hydroxyl groups is 1. The van der Waals surface area contributed by atoms with E-state index in [4.69, 9.17) is 11.6 Å². The van der Waals surface area contributed by atoms with E-state index >= 15 is 0 Å². The minimum atomic E-state index is -0.0553. The fourth-order valence-corrected chi connectivity index (χ4v) is 3.48. The second-order valence-corrected chi connectivity index (χ2v) is 7.58. The van der Waals surface area contributed by atoms with E-state index in [0.29, 0.717) is 13.1 Å². The maximum Gasteiger partial charge on any atom is 0.317 e. The van der Waals surface area contributed by atoms with Gasteiger partial charge >= 0.3 is 6.03 Å². The highest BCUT2D eigenvalue weighted by Crippen LogP contribution is 2.22. The van der Waals surface area contributed by atoms with Gasteiger partial charge in [0.2, 0.25) is 0 Å². The molecule has 24 heavy (non-hydrogen) atoms. The van der Waals surface area contributed by atoms with Crippen molar-refractivity contribution in [1.29, 1.82) is 0 Å². The number of urea groups is 1. The molecule has 0 fully saturated rings. The third kappa shape index (κ3) is 5.73. The van der Waals surface area contributed by atoms with Gasteiger partial charge in [-0.3, -0.25) is 0 Å². The average Bonchev–Trinajstić information content (AvgIpc) is 2.97. The molecule has 6 heteroatoms. The van der Waals surface area contributed by atoms with Crippen molar-refractivity contribution >= 4 is 29.0 Å². The molecule has 0 bridgehead atoms. The zero-order valence-electron chi connectivity index (χ0n) is 14.0. The first kappa shape index (κ1) is 18.6. The van der Waals surface area contributed by atoms with E-state index in [1.807, 2.05) is 38.1 Å². The molecule has 1 heterocycles. The van der Waals surface area contributed by atoms with Gasteiger partial charge in [0.15, 0.2) is 0 Å². The van der Waals surface area contributed by atoms with Gasteiger partial charge in [0, 0.05) is 17.5 Å². The van der Waals surface area contributed by atoms with Crippen LogP contribution in [-0.4, -0.2) is 28.6 Å². The van der Waals surface area contributed by atoms with Crippen molar-refractivity contribution in [3.05, 3.63) is 51.2 Å².